The number of carbonyl (C=O) groups is 1. The molecule has 0 saturated heterocycles. The Morgan fingerprint density at radius 3 is 2.79 bits per heavy atom. The minimum absolute atomic E-state index is 0.264. The number of methoxy groups -OCH3 is 1. The maximum Gasteiger partial charge on any atom is 0.321 e. The fraction of sp³-hybridized carbons (Fsp3) is 0.222. The lowest BCUT2D eigenvalue weighted by atomic mass is 10.1. The Morgan fingerprint density at radius 1 is 1.64 bits per heavy atom. The van der Waals surface area contributed by atoms with Crippen LogP contribution < -0.4 is 4.74 Å². The minimum atomic E-state index is -1.09. The molecule has 0 aliphatic carbocycles. The molecule has 1 N–H and O–H groups in total. The third-order valence-electron chi connectivity index (χ3n) is 1.68. The lowest BCUT2D eigenvalue weighted by Gasteiger charge is -2.10. The molecule has 1 atom stereocenters. The predicted molar refractivity (Wildman–Crippen MR) is 52.3 cm³/mol. The van der Waals surface area contributed by atoms with Gasteiger partial charge in [-0.1, -0.05) is 15.9 Å². The quantitative estimate of drug-likeness (QED) is 0.851. The van der Waals surface area contributed by atoms with E-state index < -0.39 is 16.6 Å². The number of benzene rings is 1. The number of carboxylic acids is 1. The summed E-state index contributed by atoms with van der Waals surface area (Å²) in [5.41, 5.74) is 0.264. The Labute approximate surface area is 88.6 Å². The highest BCUT2D eigenvalue weighted by atomic mass is 79.9. The van der Waals surface area contributed by atoms with Crippen LogP contribution in [0.15, 0.2) is 18.2 Å². The summed E-state index contributed by atoms with van der Waals surface area (Å²) in [6.07, 6.45) is 0. The monoisotopic (exact) mass is 262 g/mol. The molecule has 1 aromatic carbocycles. The molecule has 1 rings (SSSR count). The van der Waals surface area contributed by atoms with Gasteiger partial charge >= 0.3 is 5.97 Å². The van der Waals surface area contributed by atoms with Crippen LogP contribution in [0, 0.1) is 5.82 Å². The van der Waals surface area contributed by atoms with Crippen LogP contribution in [0.4, 0.5) is 4.39 Å². The van der Waals surface area contributed by atoms with E-state index in [0.29, 0.717) is 5.75 Å². The van der Waals surface area contributed by atoms with Gasteiger partial charge in [-0.05, 0) is 18.2 Å². The normalized spacial score (nSPS) is 12.2. The van der Waals surface area contributed by atoms with Gasteiger partial charge in [0, 0.05) is 5.56 Å². The van der Waals surface area contributed by atoms with Crippen molar-refractivity contribution < 1.29 is 19.0 Å². The van der Waals surface area contributed by atoms with E-state index in [-0.39, 0.29) is 5.56 Å². The Hall–Kier alpha value is -1.10. The van der Waals surface area contributed by atoms with Crippen molar-refractivity contribution in [2.45, 2.75) is 4.83 Å². The minimum Gasteiger partial charge on any atom is -0.496 e. The number of rotatable bonds is 3. The second kappa shape index (κ2) is 4.41. The van der Waals surface area contributed by atoms with Gasteiger partial charge in [-0.2, -0.15) is 0 Å². The van der Waals surface area contributed by atoms with Gasteiger partial charge < -0.3 is 9.84 Å². The SMILES string of the molecule is COc1ccc(F)cc1C(Br)C(=O)O. The summed E-state index contributed by atoms with van der Waals surface area (Å²) in [4.78, 5) is 9.69. The van der Waals surface area contributed by atoms with Crippen molar-refractivity contribution in [1.29, 1.82) is 0 Å². The smallest absolute Gasteiger partial charge is 0.321 e. The van der Waals surface area contributed by atoms with E-state index in [1.54, 1.807) is 0 Å². The van der Waals surface area contributed by atoms with Crippen molar-refractivity contribution in [2.75, 3.05) is 7.11 Å². The maximum atomic E-state index is 12.8. The van der Waals surface area contributed by atoms with E-state index in [9.17, 15) is 9.18 Å². The number of ether oxygens (including phenoxy) is 1. The molecular weight excluding hydrogens is 255 g/mol. The maximum absolute atomic E-state index is 12.8. The first kappa shape index (κ1) is 11.0. The van der Waals surface area contributed by atoms with E-state index in [1.165, 1.54) is 19.2 Å². The van der Waals surface area contributed by atoms with Gasteiger partial charge in [-0.3, -0.25) is 4.79 Å². The first-order valence-corrected chi connectivity index (χ1v) is 4.68. The van der Waals surface area contributed by atoms with Gasteiger partial charge in [0.2, 0.25) is 0 Å². The largest absolute Gasteiger partial charge is 0.496 e. The average molecular weight is 263 g/mol. The lowest BCUT2D eigenvalue weighted by Crippen LogP contribution is -2.06. The molecule has 5 heteroatoms. The second-order valence-corrected chi connectivity index (χ2v) is 3.50. The molecule has 0 saturated carbocycles. The van der Waals surface area contributed by atoms with Crippen molar-refractivity contribution in [3.8, 4) is 5.75 Å². The van der Waals surface area contributed by atoms with Crippen molar-refractivity contribution in [3.05, 3.63) is 29.6 Å². The van der Waals surface area contributed by atoms with Gasteiger partial charge in [-0.25, -0.2) is 4.39 Å². The van der Waals surface area contributed by atoms with Crippen molar-refractivity contribution in [1.82, 2.24) is 0 Å². The Kier molecular flexibility index (Phi) is 3.46. The standard InChI is InChI=1S/C9H8BrFO3/c1-14-7-3-2-5(11)4-6(7)8(10)9(12)13/h2-4,8H,1H3,(H,12,13). The molecule has 0 fully saturated rings. The third-order valence-corrected chi connectivity index (χ3v) is 2.57. The molecule has 0 amide bonds. The zero-order valence-electron chi connectivity index (χ0n) is 7.33. The number of alkyl halides is 1. The third kappa shape index (κ3) is 2.23. The first-order chi connectivity index (χ1) is 6.56. The Morgan fingerprint density at radius 2 is 2.29 bits per heavy atom. The number of aliphatic carboxylic acids is 1. The fourth-order valence-electron chi connectivity index (χ4n) is 1.04. The molecule has 0 aromatic heterocycles. The highest BCUT2D eigenvalue weighted by molar-refractivity contribution is 9.09. The van der Waals surface area contributed by atoms with Crippen molar-refractivity contribution in [2.24, 2.45) is 0 Å². The van der Waals surface area contributed by atoms with Crippen LogP contribution in [-0.2, 0) is 4.79 Å². The summed E-state index contributed by atoms with van der Waals surface area (Å²) in [7, 11) is 1.40. The summed E-state index contributed by atoms with van der Waals surface area (Å²) >= 11 is 2.93. The van der Waals surface area contributed by atoms with E-state index >= 15 is 0 Å². The molecule has 0 radical (unpaired) electrons. The van der Waals surface area contributed by atoms with Crippen LogP contribution >= 0.6 is 15.9 Å². The Bertz CT molecular complexity index is 354. The van der Waals surface area contributed by atoms with Gasteiger partial charge in [0.1, 0.15) is 16.4 Å². The van der Waals surface area contributed by atoms with E-state index in [4.69, 9.17) is 9.84 Å². The molecule has 14 heavy (non-hydrogen) atoms. The molecule has 0 bridgehead atoms. The molecule has 0 aliphatic rings. The van der Waals surface area contributed by atoms with Gasteiger partial charge in [0.25, 0.3) is 0 Å². The molecule has 1 unspecified atom stereocenters. The van der Waals surface area contributed by atoms with Gasteiger partial charge in [0.05, 0.1) is 7.11 Å². The average Bonchev–Trinajstić information content (AvgIpc) is 2.16. The fourth-order valence-corrected chi connectivity index (χ4v) is 1.39. The summed E-state index contributed by atoms with van der Waals surface area (Å²) in [5.74, 6) is -1.24. The van der Waals surface area contributed by atoms with Crippen molar-refractivity contribution in [3.63, 3.8) is 0 Å². The molecule has 3 nitrogen and oxygen atoms in total. The van der Waals surface area contributed by atoms with E-state index in [0.717, 1.165) is 6.07 Å². The zero-order chi connectivity index (χ0) is 10.7. The Balaban J connectivity index is 3.16. The summed E-state index contributed by atoms with van der Waals surface area (Å²) in [5, 5.41) is 8.72. The topological polar surface area (TPSA) is 46.5 Å². The van der Waals surface area contributed by atoms with Crippen LogP contribution in [0.3, 0.4) is 0 Å². The molecule has 0 aliphatic heterocycles. The molecule has 0 spiro atoms. The van der Waals surface area contributed by atoms with Gasteiger partial charge in [-0.15, -0.1) is 0 Å². The summed E-state index contributed by atoms with van der Waals surface area (Å²) < 4.78 is 17.7. The molecule has 1 aromatic rings. The van der Waals surface area contributed by atoms with Crippen LogP contribution in [0.2, 0.25) is 0 Å². The summed E-state index contributed by atoms with van der Waals surface area (Å²) in [6.45, 7) is 0. The highest BCUT2D eigenvalue weighted by Gasteiger charge is 2.20. The van der Waals surface area contributed by atoms with Crippen LogP contribution in [0.1, 0.15) is 10.4 Å². The number of carboxylic acid groups (broad SMARTS) is 1. The lowest BCUT2D eigenvalue weighted by molar-refractivity contribution is -0.136. The molecule has 76 valence electrons. The van der Waals surface area contributed by atoms with Crippen LogP contribution in [0.25, 0.3) is 0 Å². The number of hydrogen-bond acceptors (Lipinski definition) is 2. The highest BCUT2D eigenvalue weighted by Crippen LogP contribution is 2.31. The van der Waals surface area contributed by atoms with E-state index in [2.05, 4.69) is 15.9 Å². The predicted octanol–water partition coefficient (Wildman–Crippen LogP) is 2.35. The zero-order valence-corrected chi connectivity index (χ0v) is 8.92. The van der Waals surface area contributed by atoms with Crippen LogP contribution in [0.5, 0.6) is 5.75 Å². The first-order valence-electron chi connectivity index (χ1n) is 3.76. The summed E-state index contributed by atoms with van der Waals surface area (Å²) in [6, 6.07) is 3.73. The van der Waals surface area contributed by atoms with Crippen LogP contribution in [-0.4, -0.2) is 18.2 Å². The van der Waals surface area contributed by atoms with Crippen molar-refractivity contribution >= 4 is 21.9 Å². The van der Waals surface area contributed by atoms with Gasteiger partial charge in [0.15, 0.2) is 0 Å². The number of halogens is 2. The van der Waals surface area contributed by atoms with E-state index in [1.807, 2.05) is 0 Å². The number of hydrogen-bond donors (Lipinski definition) is 1. The molecule has 0 heterocycles. The second-order valence-electron chi connectivity index (χ2n) is 2.59. The molecular formula is C9H8BrFO3.